The molecule has 1 fully saturated rings. The minimum Gasteiger partial charge on any atom is -0.439 e. The van der Waals surface area contributed by atoms with Gasteiger partial charge in [-0.1, -0.05) is 72.3 Å². The highest BCUT2D eigenvalue weighted by Crippen LogP contribution is 2.30. The molecule has 0 unspecified atom stereocenters. The molecule has 1 heterocycles. The molecule has 5 nitrogen and oxygen atoms in total. The lowest BCUT2D eigenvalue weighted by atomic mass is 9.97. The normalized spacial score (nSPS) is 15.9. The lowest BCUT2D eigenvalue weighted by Gasteiger charge is -2.22. The molecule has 3 aromatic carbocycles. The number of nitrogens with zero attached hydrogens (tertiary/aromatic N) is 3. The molecule has 6 heteroatoms. The second-order valence-electron chi connectivity index (χ2n) is 9.20. The standard InChI is InChI=1S/C28H32ClN3O2/c1-30(2)15-16-31(3)19-24-17-21(9-14-26(24)22-7-5-4-6-8-22)18-32-20-27(34-28(32)33)23-10-12-25(29)13-11-23/h4-14,17,27H,15-16,18-20H2,1-3H3/t27-/m0/s1. The van der Waals surface area contributed by atoms with E-state index in [1.54, 1.807) is 4.90 Å². The largest absolute Gasteiger partial charge is 0.439 e. The molecule has 4 rings (SSSR count). The lowest BCUT2D eigenvalue weighted by Crippen LogP contribution is -2.28. The van der Waals surface area contributed by atoms with Crippen molar-refractivity contribution in [2.45, 2.75) is 19.2 Å². The van der Waals surface area contributed by atoms with Crippen LogP contribution >= 0.6 is 11.6 Å². The number of carbonyl (C=O) groups is 1. The van der Waals surface area contributed by atoms with Gasteiger partial charge in [-0.3, -0.25) is 4.90 Å². The highest BCUT2D eigenvalue weighted by atomic mass is 35.5. The monoisotopic (exact) mass is 477 g/mol. The van der Waals surface area contributed by atoms with Crippen molar-refractivity contribution in [3.63, 3.8) is 0 Å². The molecule has 0 spiro atoms. The van der Waals surface area contributed by atoms with Crippen molar-refractivity contribution < 1.29 is 9.53 Å². The fourth-order valence-electron chi connectivity index (χ4n) is 4.22. The van der Waals surface area contributed by atoms with Gasteiger partial charge in [-0.15, -0.1) is 0 Å². The molecule has 0 aromatic heterocycles. The maximum atomic E-state index is 12.6. The number of cyclic esters (lactones) is 1. The van der Waals surface area contributed by atoms with Gasteiger partial charge in [0.25, 0.3) is 0 Å². The number of rotatable bonds is 9. The summed E-state index contributed by atoms with van der Waals surface area (Å²) in [6, 6.07) is 24.5. The maximum Gasteiger partial charge on any atom is 0.410 e. The zero-order valence-electron chi connectivity index (χ0n) is 20.1. The van der Waals surface area contributed by atoms with Crippen molar-refractivity contribution in [2.24, 2.45) is 0 Å². The number of carbonyl (C=O) groups excluding carboxylic acids is 1. The Labute approximate surface area is 207 Å². The number of halogens is 1. The summed E-state index contributed by atoms with van der Waals surface area (Å²) in [6.07, 6.45) is -0.554. The van der Waals surface area contributed by atoms with Gasteiger partial charge in [0.05, 0.1) is 6.54 Å². The molecule has 1 atom stereocenters. The number of hydrogen-bond donors (Lipinski definition) is 0. The van der Waals surface area contributed by atoms with Crippen molar-refractivity contribution in [1.82, 2.24) is 14.7 Å². The predicted molar refractivity (Wildman–Crippen MR) is 138 cm³/mol. The predicted octanol–water partition coefficient (Wildman–Crippen LogP) is 5.69. The molecule has 178 valence electrons. The number of benzene rings is 3. The van der Waals surface area contributed by atoms with Crippen LogP contribution in [0.2, 0.25) is 5.02 Å². The molecule has 1 amide bonds. The van der Waals surface area contributed by atoms with E-state index >= 15 is 0 Å². The molecule has 0 radical (unpaired) electrons. The van der Waals surface area contributed by atoms with Gasteiger partial charge in [-0.25, -0.2) is 4.79 Å². The van der Waals surface area contributed by atoms with E-state index in [0.717, 1.165) is 30.8 Å². The van der Waals surface area contributed by atoms with Crippen LogP contribution < -0.4 is 0 Å². The molecule has 0 N–H and O–H groups in total. The van der Waals surface area contributed by atoms with E-state index in [1.165, 1.54) is 16.7 Å². The van der Waals surface area contributed by atoms with Gasteiger partial charge in [-0.2, -0.15) is 0 Å². The summed E-state index contributed by atoms with van der Waals surface area (Å²) in [7, 11) is 6.34. The topological polar surface area (TPSA) is 36.0 Å². The average molecular weight is 478 g/mol. The Bertz CT molecular complexity index is 1100. The molecule has 34 heavy (non-hydrogen) atoms. The Balaban J connectivity index is 1.52. The minimum atomic E-state index is -0.281. The summed E-state index contributed by atoms with van der Waals surface area (Å²) in [5, 5.41) is 0.673. The first-order valence-electron chi connectivity index (χ1n) is 11.6. The molecule has 0 saturated carbocycles. The fraction of sp³-hybridized carbons (Fsp3) is 0.321. The van der Waals surface area contributed by atoms with Crippen LogP contribution in [-0.2, 0) is 17.8 Å². The van der Waals surface area contributed by atoms with Crippen LogP contribution in [0.3, 0.4) is 0 Å². The van der Waals surface area contributed by atoms with Crippen LogP contribution in [0.1, 0.15) is 22.8 Å². The highest BCUT2D eigenvalue weighted by molar-refractivity contribution is 6.30. The summed E-state index contributed by atoms with van der Waals surface area (Å²) in [4.78, 5) is 18.9. The third-order valence-corrected chi connectivity index (χ3v) is 6.38. The first-order chi connectivity index (χ1) is 16.4. The van der Waals surface area contributed by atoms with Crippen LogP contribution in [0.5, 0.6) is 0 Å². The van der Waals surface area contributed by atoms with Gasteiger partial charge in [0.1, 0.15) is 6.10 Å². The molecule has 1 aliphatic heterocycles. The first-order valence-corrected chi connectivity index (χ1v) is 12.0. The van der Waals surface area contributed by atoms with E-state index in [1.807, 2.05) is 30.3 Å². The highest BCUT2D eigenvalue weighted by Gasteiger charge is 2.32. The zero-order valence-corrected chi connectivity index (χ0v) is 20.8. The van der Waals surface area contributed by atoms with E-state index in [4.69, 9.17) is 16.3 Å². The van der Waals surface area contributed by atoms with Gasteiger partial charge in [-0.05, 0) is 61.1 Å². The zero-order chi connectivity index (χ0) is 24.1. The van der Waals surface area contributed by atoms with Crippen LogP contribution in [0.15, 0.2) is 72.8 Å². The Morgan fingerprint density at radius 2 is 1.71 bits per heavy atom. The van der Waals surface area contributed by atoms with E-state index < -0.39 is 0 Å². The van der Waals surface area contributed by atoms with E-state index in [0.29, 0.717) is 18.1 Å². The second kappa shape index (κ2) is 11.0. The van der Waals surface area contributed by atoms with Crippen LogP contribution in [0.4, 0.5) is 4.79 Å². The Hall–Kier alpha value is -2.86. The Morgan fingerprint density at radius 3 is 2.41 bits per heavy atom. The number of ether oxygens (including phenoxy) is 1. The summed E-state index contributed by atoms with van der Waals surface area (Å²) in [6.45, 7) is 3.87. The van der Waals surface area contributed by atoms with Crippen molar-refractivity contribution >= 4 is 17.7 Å². The number of hydrogen-bond acceptors (Lipinski definition) is 4. The molecular weight excluding hydrogens is 446 g/mol. The third-order valence-electron chi connectivity index (χ3n) is 6.13. The Morgan fingerprint density at radius 1 is 0.971 bits per heavy atom. The fourth-order valence-corrected chi connectivity index (χ4v) is 4.35. The second-order valence-corrected chi connectivity index (χ2v) is 9.64. The molecule has 0 aliphatic carbocycles. The van der Waals surface area contributed by atoms with Gasteiger partial charge < -0.3 is 14.5 Å². The number of amides is 1. The third kappa shape index (κ3) is 6.17. The first kappa shape index (κ1) is 24.3. The van der Waals surface area contributed by atoms with Crippen molar-refractivity contribution in [3.8, 4) is 11.1 Å². The number of likely N-dealkylation sites (N-methyl/N-ethyl adjacent to an activating group) is 2. The van der Waals surface area contributed by atoms with Crippen molar-refractivity contribution in [2.75, 3.05) is 40.8 Å². The average Bonchev–Trinajstić information content (AvgIpc) is 3.19. The van der Waals surface area contributed by atoms with Gasteiger partial charge in [0.15, 0.2) is 0 Å². The van der Waals surface area contributed by atoms with Gasteiger partial charge >= 0.3 is 6.09 Å². The smallest absolute Gasteiger partial charge is 0.410 e. The molecule has 0 bridgehead atoms. The molecular formula is C28H32ClN3O2. The Kier molecular flexibility index (Phi) is 7.88. The van der Waals surface area contributed by atoms with Gasteiger partial charge in [0.2, 0.25) is 0 Å². The minimum absolute atomic E-state index is 0.273. The van der Waals surface area contributed by atoms with E-state index in [-0.39, 0.29) is 12.2 Å². The molecule has 1 saturated heterocycles. The lowest BCUT2D eigenvalue weighted by molar-refractivity contribution is 0.132. The summed E-state index contributed by atoms with van der Waals surface area (Å²) in [5.74, 6) is 0. The van der Waals surface area contributed by atoms with Crippen molar-refractivity contribution in [3.05, 3.63) is 94.5 Å². The van der Waals surface area contributed by atoms with Crippen LogP contribution in [0.25, 0.3) is 11.1 Å². The summed E-state index contributed by atoms with van der Waals surface area (Å²) < 4.78 is 5.65. The summed E-state index contributed by atoms with van der Waals surface area (Å²) >= 11 is 6.00. The quantitative estimate of drug-likeness (QED) is 0.396. The van der Waals surface area contributed by atoms with E-state index in [2.05, 4.69) is 73.4 Å². The van der Waals surface area contributed by atoms with Crippen LogP contribution in [-0.4, -0.2) is 61.6 Å². The maximum absolute atomic E-state index is 12.6. The van der Waals surface area contributed by atoms with Crippen LogP contribution in [0, 0.1) is 0 Å². The van der Waals surface area contributed by atoms with Gasteiger partial charge in [0, 0.05) is 31.2 Å². The van der Waals surface area contributed by atoms with Crippen molar-refractivity contribution in [1.29, 1.82) is 0 Å². The summed E-state index contributed by atoms with van der Waals surface area (Å²) in [5.41, 5.74) is 5.75. The molecule has 3 aromatic rings. The van der Waals surface area contributed by atoms with E-state index in [9.17, 15) is 4.79 Å². The SMILES string of the molecule is CN(C)CCN(C)Cc1cc(CN2C[C@@H](c3ccc(Cl)cc3)OC2=O)ccc1-c1ccccc1. The molecule has 1 aliphatic rings.